The first-order valence-corrected chi connectivity index (χ1v) is 9.58. The molecule has 7 heteroatoms. The average Bonchev–Trinajstić information content (AvgIpc) is 3.03. The summed E-state index contributed by atoms with van der Waals surface area (Å²) < 4.78 is 27.5. The van der Waals surface area contributed by atoms with Gasteiger partial charge in [-0.05, 0) is 47.5 Å². The van der Waals surface area contributed by atoms with Crippen LogP contribution in [0.4, 0.5) is 0 Å². The predicted octanol–water partition coefficient (Wildman–Crippen LogP) is 2.71. The molecule has 0 spiro atoms. The van der Waals surface area contributed by atoms with Crippen LogP contribution >= 0.6 is 22.7 Å². The molecule has 0 unspecified atom stereocenters. The van der Waals surface area contributed by atoms with Gasteiger partial charge in [-0.25, -0.2) is 13.1 Å². The van der Waals surface area contributed by atoms with Crippen LogP contribution in [0.15, 0.2) is 27.1 Å². The summed E-state index contributed by atoms with van der Waals surface area (Å²) in [5.41, 5.74) is 2.13. The Morgan fingerprint density at radius 1 is 1.25 bits per heavy atom. The Balaban J connectivity index is 2.03. The fraction of sp³-hybridized carbons (Fsp3) is 0.385. The lowest BCUT2D eigenvalue weighted by Gasteiger charge is -2.04. The molecule has 0 saturated heterocycles. The second-order valence-electron chi connectivity index (χ2n) is 4.41. The minimum absolute atomic E-state index is 0.353. The van der Waals surface area contributed by atoms with Gasteiger partial charge in [-0.1, -0.05) is 6.92 Å². The zero-order valence-electron chi connectivity index (χ0n) is 11.5. The lowest BCUT2D eigenvalue weighted by Crippen LogP contribution is -2.22. The molecule has 4 nitrogen and oxygen atoms in total. The fourth-order valence-electron chi connectivity index (χ4n) is 1.67. The first-order chi connectivity index (χ1) is 9.53. The van der Waals surface area contributed by atoms with E-state index in [9.17, 15) is 8.42 Å². The summed E-state index contributed by atoms with van der Waals surface area (Å²) in [7, 11) is -3.41. The third-order valence-corrected chi connectivity index (χ3v) is 6.78. The summed E-state index contributed by atoms with van der Waals surface area (Å²) in [6, 6.07) is 3.73. The predicted molar refractivity (Wildman–Crippen MR) is 84.8 cm³/mol. The molecular weight excluding hydrogens is 312 g/mol. The van der Waals surface area contributed by atoms with Crippen LogP contribution in [0, 0.1) is 6.92 Å². The van der Waals surface area contributed by atoms with Crippen LogP contribution in [0.5, 0.6) is 0 Å². The van der Waals surface area contributed by atoms with Crippen molar-refractivity contribution in [2.75, 3.05) is 6.54 Å². The molecule has 20 heavy (non-hydrogen) atoms. The van der Waals surface area contributed by atoms with Crippen molar-refractivity contribution in [2.45, 2.75) is 31.1 Å². The van der Waals surface area contributed by atoms with E-state index in [1.165, 1.54) is 11.3 Å². The molecule has 110 valence electrons. The second-order valence-corrected chi connectivity index (χ2v) is 8.31. The third kappa shape index (κ3) is 3.89. The van der Waals surface area contributed by atoms with Gasteiger partial charge >= 0.3 is 0 Å². The van der Waals surface area contributed by atoms with Crippen molar-refractivity contribution in [1.29, 1.82) is 0 Å². The fourth-order valence-corrected chi connectivity index (χ4v) is 4.86. The van der Waals surface area contributed by atoms with Crippen LogP contribution in [0.1, 0.15) is 22.9 Å². The van der Waals surface area contributed by atoms with E-state index in [0.717, 1.165) is 22.5 Å². The third-order valence-electron chi connectivity index (χ3n) is 2.86. The molecule has 2 N–H and O–H groups in total. The number of hydrogen-bond donors (Lipinski definition) is 2. The molecule has 0 amide bonds. The average molecular weight is 331 g/mol. The van der Waals surface area contributed by atoms with E-state index in [0.29, 0.717) is 17.3 Å². The lowest BCUT2D eigenvalue weighted by atomic mass is 10.3. The summed E-state index contributed by atoms with van der Waals surface area (Å²) in [6.07, 6.45) is 0. The molecule has 0 saturated carbocycles. The van der Waals surface area contributed by atoms with Crippen molar-refractivity contribution < 1.29 is 8.42 Å². The zero-order valence-corrected chi connectivity index (χ0v) is 13.9. The molecule has 0 bridgehead atoms. The minimum atomic E-state index is -3.41. The smallest absolute Gasteiger partial charge is 0.250 e. The SMILES string of the molecule is CCNCc1csc(S(=O)(=O)NCc2sccc2C)c1. The molecule has 0 fully saturated rings. The summed E-state index contributed by atoms with van der Waals surface area (Å²) in [5, 5.41) is 7.04. The van der Waals surface area contributed by atoms with Crippen molar-refractivity contribution >= 4 is 32.7 Å². The van der Waals surface area contributed by atoms with Gasteiger partial charge in [-0.15, -0.1) is 22.7 Å². The van der Waals surface area contributed by atoms with Crippen LogP contribution in [-0.2, 0) is 23.1 Å². The molecule has 0 atom stereocenters. The Bertz CT molecular complexity index is 659. The van der Waals surface area contributed by atoms with E-state index in [-0.39, 0.29) is 0 Å². The highest BCUT2D eigenvalue weighted by Gasteiger charge is 2.17. The normalized spacial score (nSPS) is 11.9. The molecule has 0 aliphatic rings. The zero-order chi connectivity index (χ0) is 14.6. The highest BCUT2D eigenvalue weighted by molar-refractivity contribution is 7.91. The van der Waals surface area contributed by atoms with E-state index >= 15 is 0 Å². The van der Waals surface area contributed by atoms with Gasteiger partial charge in [-0.2, -0.15) is 0 Å². The number of sulfonamides is 1. The van der Waals surface area contributed by atoms with Gasteiger partial charge < -0.3 is 5.32 Å². The van der Waals surface area contributed by atoms with Crippen LogP contribution in [0.3, 0.4) is 0 Å². The highest BCUT2D eigenvalue weighted by atomic mass is 32.2. The number of thiophene rings is 2. The van der Waals surface area contributed by atoms with Crippen molar-refractivity contribution in [3.63, 3.8) is 0 Å². The Kier molecular flexibility index (Phi) is 5.34. The molecule has 2 aromatic rings. The maximum atomic E-state index is 12.2. The highest BCUT2D eigenvalue weighted by Crippen LogP contribution is 2.21. The van der Waals surface area contributed by atoms with E-state index in [1.807, 2.05) is 30.7 Å². The van der Waals surface area contributed by atoms with Gasteiger partial charge in [0.15, 0.2) is 0 Å². The van der Waals surface area contributed by atoms with Gasteiger partial charge in [0.25, 0.3) is 0 Å². The molecule has 0 aliphatic heterocycles. The summed E-state index contributed by atoms with van der Waals surface area (Å²) >= 11 is 2.83. The Labute approximate surface area is 127 Å². The molecule has 0 aliphatic carbocycles. The van der Waals surface area contributed by atoms with E-state index in [4.69, 9.17) is 0 Å². The van der Waals surface area contributed by atoms with Crippen molar-refractivity contribution in [2.24, 2.45) is 0 Å². The summed E-state index contributed by atoms with van der Waals surface area (Å²) in [5.74, 6) is 0. The number of rotatable bonds is 7. The quantitative estimate of drug-likeness (QED) is 0.821. The number of aryl methyl sites for hydroxylation is 1. The Hall–Kier alpha value is -0.730. The number of hydrogen-bond acceptors (Lipinski definition) is 5. The molecule has 2 aromatic heterocycles. The summed E-state index contributed by atoms with van der Waals surface area (Å²) in [4.78, 5) is 1.05. The summed E-state index contributed by atoms with van der Waals surface area (Å²) in [6.45, 7) is 5.93. The van der Waals surface area contributed by atoms with Gasteiger partial charge in [-0.3, -0.25) is 0 Å². The maximum absolute atomic E-state index is 12.2. The largest absolute Gasteiger partial charge is 0.313 e. The lowest BCUT2D eigenvalue weighted by molar-refractivity contribution is 0.583. The van der Waals surface area contributed by atoms with Crippen molar-refractivity contribution in [1.82, 2.24) is 10.0 Å². The maximum Gasteiger partial charge on any atom is 0.250 e. The van der Waals surface area contributed by atoms with Crippen LogP contribution in [0.25, 0.3) is 0 Å². The van der Waals surface area contributed by atoms with Crippen LogP contribution < -0.4 is 10.0 Å². The number of nitrogens with one attached hydrogen (secondary N) is 2. The minimum Gasteiger partial charge on any atom is -0.313 e. The van der Waals surface area contributed by atoms with E-state index in [2.05, 4.69) is 10.0 Å². The standard InChI is InChI=1S/C13H18N2O2S3/c1-3-14-7-11-6-13(19-9-11)20(16,17)15-8-12-10(2)4-5-18-12/h4-6,9,14-15H,3,7-8H2,1-2H3. The molecule has 2 heterocycles. The van der Waals surface area contributed by atoms with Gasteiger partial charge in [0.2, 0.25) is 10.0 Å². The molecule has 2 rings (SSSR count). The van der Waals surface area contributed by atoms with Crippen LogP contribution in [0.2, 0.25) is 0 Å². The Morgan fingerprint density at radius 2 is 2.05 bits per heavy atom. The van der Waals surface area contributed by atoms with Gasteiger partial charge in [0.05, 0.1) is 0 Å². The molecular formula is C13H18N2O2S3. The topological polar surface area (TPSA) is 58.2 Å². The first-order valence-electron chi connectivity index (χ1n) is 6.33. The van der Waals surface area contributed by atoms with Gasteiger partial charge in [0, 0.05) is 18.0 Å². The molecule has 0 aromatic carbocycles. The van der Waals surface area contributed by atoms with E-state index in [1.54, 1.807) is 17.4 Å². The molecule has 0 radical (unpaired) electrons. The Morgan fingerprint density at radius 3 is 2.70 bits per heavy atom. The van der Waals surface area contributed by atoms with Gasteiger partial charge in [0.1, 0.15) is 4.21 Å². The monoisotopic (exact) mass is 330 g/mol. The van der Waals surface area contributed by atoms with Crippen LogP contribution in [-0.4, -0.2) is 15.0 Å². The van der Waals surface area contributed by atoms with E-state index < -0.39 is 10.0 Å². The van der Waals surface area contributed by atoms with Crippen molar-refractivity contribution in [3.8, 4) is 0 Å². The van der Waals surface area contributed by atoms with Crippen molar-refractivity contribution in [3.05, 3.63) is 38.9 Å². The first kappa shape index (κ1) is 15.7. The second kappa shape index (κ2) is 6.82.